The number of hydrogen-bond acceptors (Lipinski definition) is 30. The molecule has 0 aliphatic carbocycles. The summed E-state index contributed by atoms with van der Waals surface area (Å²) in [4.78, 5) is 26.2. The number of ether oxygens (including phenoxy) is 6. The number of hydrogen-bond donors (Lipinski definition) is 12. The molecule has 0 saturated heterocycles. The Kier molecular flexibility index (Phi) is 28.0. The van der Waals surface area contributed by atoms with E-state index in [0.29, 0.717) is 96.7 Å². The normalized spacial score (nSPS) is 11.8. The average molecular weight is 2010 g/mol. The third kappa shape index (κ3) is 21.9. The first-order valence-corrected chi connectivity index (χ1v) is 48.8. The van der Waals surface area contributed by atoms with E-state index in [9.17, 15) is 0 Å². The molecule has 0 saturated carbocycles. The van der Waals surface area contributed by atoms with Gasteiger partial charge >= 0.3 is 0 Å². The van der Waals surface area contributed by atoms with Gasteiger partial charge in [-0.05, 0) is 227 Å². The highest BCUT2D eigenvalue weighted by Gasteiger charge is 2.22. The maximum atomic E-state index is 7.90. The molecule has 0 unspecified atom stereocenters. The number of anilines is 12. The Labute approximate surface area is 862 Å². The topological polar surface area (TPSA) is 484 Å². The minimum atomic E-state index is -1.79. The fraction of sp³-hybridized carbons (Fsp3) is 0.222. The molecule has 12 N–H and O–H groups in total. The van der Waals surface area contributed by atoms with Crippen LogP contribution in [0, 0.1) is 5.92 Å². The van der Waals surface area contributed by atoms with Crippen LogP contribution in [-0.4, -0.2) is 189 Å². The van der Waals surface area contributed by atoms with E-state index in [0.717, 1.165) is 191 Å². The molecule has 25 aromatic rings. The summed E-state index contributed by atoms with van der Waals surface area (Å²) in [6.07, 6.45) is 13.4. The van der Waals surface area contributed by atoms with Crippen molar-refractivity contribution in [3.05, 3.63) is 255 Å². The number of nitrogens with one attached hydrogen (secondary N) is 12. The monoisotopic (exact) mass is 2010 g/mol. The summed E-state index contributed by atoms with van der Waals surface area (Å²) in [6.45, 7) is 14.0. The van der Waals surface area contributed by atoms with E-state index in [2.05, 4.69) is 193 Å². The summed E-state index contributed by atoms with van der Waals surface area (Å²) >= 11 is 0. The Morgan fingerprint density at radius 1 is 0.293 bits per heavy atom. The Hall–Kier alpha value is -19.3. The zero-order valence-electron chi connectivity index (χ0n) is 87.6. The van der Waals surface area contributed by atoms with Gasteiger partial charge in [0.15, 0.2) is 34.9 Å². The minimum absolute atomic E-state index is 0.267. The van der Waals surface area contributed by atoms with Crippen molar-refractivity contribution in [2.45, 2.75) is 80.2 Å². The van der Waals surface area contributed by atoms with Gasteiger partial charge in [0.05, 0.1) is 142 Å². The Bertz CT molecular complexity index is 8980. The molecule has 0 amide bonds. The zero-order valence-corrected chi connectivity index (χ0v) is 84.6. The van der Waals surface area contributed by atoms with Gasteiger partial charge in [-0.1, -0.05) is 64.4 Å². The molecule has 0 aliphatic rings. The Morgan fingerprint density at radius 2 is 0.553 bits per heavy atom. The first kappa shape index (κ1) is 94.3. The number of aryl methyl sites for hydroxylation is 6. The highest BCUT2D eigenvalue weighted by Crippen LogP contribution is 2.39. The summed E-state index contributed by atoms with van der Waals surface area (Å²) in [6, 6.07) is 68.8. The van der Waals surface area contributed by atoms with Crippen LogP contribution in [0.15, 0.2) is 250 Å². The van der Waals surface area contributed by atoms with Gasteiger partial charge in [-0.15, -0.1) is 30.6 Å². The van der Waals surface area contributed by atoms with E-state index in [1.165, 1.54) is 12.5 Å². The van der Waals surface area contributed by atoms with Crippen LogP contribution < -0.4 is 60.3 Å². The Balaban J connectivity index is 0.000000111. The Morgan fingerprint density at radius 3 is 0.820 bits per heavy atom. The van der Waals surface area contributed by atoms with E-state index in [1.54, 1.807) is 67.4 Å². The number of aromatic amines is 6. The van der Waals surface area contributed by atoms with Crippen molar-refractivity contribution < 1.29 is 32.5 Å². The van der Waals surface area contributed by atoms with Crippen LogP contribution in [0.3, 0.4) is 0 Å². The molecule has 0 atom stereocenters. The van der Waals surface area contributed by atoms with E-state index in [4.69, 9.17) is 32.5 Å². The second-order valence-electron chi connectivity index (χ2n) is 35.7. The summed E-state index contributed by atoms with van der Waals surface area (Å²) < 4.78 is 68.0. The standard InChI is InChI=1S/C22H20N6O.2C18H20N6O.2C17H18N6O.C16H16N6O/c1-28-19-14-16(24-21-20-18(25-26-21)8-5-12-23-20)9-10-17(19)22(27-28)29-13-11-15-6-3-2-4-7-15;1-11(2)10-25-18-13-7-6-12(9-15(13)24(3)23-18)20-17-16-14(21-22-17)5-4-8-19-16;1-3-4-10-25-18-13-8-7-12(11-15(13)24(2)23-18)20-17-16-14(21-22-17)6-5-9-19-16;1-10(2)24-17-12-7-6-11(9-14(12)23(3)22-17)19-16-15-13(20-21-16)5-4-8-18-15;1-3-9-24-17-12-7-6-11(10-14(12)23(2)22-17)19-16-15-13(20-21-16)5-4-8-18-15;1-3-23-16-11-7-6-10(9-13(11)22(2)21-16)18-15-14-12(19-20-15)5-4-8-17-14/h2-10,12,14H,11,13H2,1H3,(H2,24,25,26);4-9,11H,10H2,1-3H3,(H2,20,21,22);5-9,11H,3-4,10H2,1-2H3,(H2,20,21,22);4-10H,1-3H3,(H2,19,20,21);4-8,10H,3,9H2,1-2H3,(H2,19,20,21);4-9H,3H2,1-2H3,(H2,18,19,20)/i;;;10D;;3D2. The number of aromatic nitrogens is 30. The molecule has 150 heavy (non-hydrogen) atoms. The largest absolute Gasteiger partial charge is 0.476 e. The summed E-state index contributed by atoms with van der Waals surface area (Å²) in [5.74, 6) is 7.97. The van der Waals surface area contributed by atoms with Gasteiger partial charge in [-0.3, -0.25) is 88.6 Å². The number of H-pyrrole nitrogens is 6. The lowest BCUT2D eigenvalue weighted by Crippen LogP contribution is -2.06. The number of pyridine rings is 6. The predicted molar refractivity (Wildman–Crippen MR) is 586 cm³/mol. The van der Waals surface area contributed by atoms with Crippen LogP contribution in [0.1, 0.15) is 77.4 Å². The van der Waals surface area contributed by atoms with Gasteiger partial charge < -0.3 is 60.3 Å². The van der Waals surface area contributed by atoms with Crippen molar-refractivity contribution >= 4 is 201 Å². The molecule has 42 nitrogen and oxygen atoms in total. The van der Waals surface area contributed by atoms with Crippen LogP contribution in [0.25, 0.3) is 132 Å². The third-order valence-electron chi connectivity index (χ3n) is 24.1. The van der Waals surface area contributed by atoms with Crippen molar-refractivity contribution in [3.63, 3.8) is 0 Å². The number of benzene rings is 7. The molecular formula is C108H112N36O6. The van der Waals surface area contributed by atoms with Crippen molar-refractivity contribution in [1.82, 2.24) is 150 Å². The van der Waals surface area contributed by atoms with Crippen molar-refractivity contribution in [2.24, 2.45) is 48.2 Å². The van der Waals surface area contributed by atoms with E-state index < -0.39 is 12.6 Å². The van der Waals surface area contributed by atoms with Crippen LogP contribution >= 0.6 is 0 Å². The molecule has 0 spiro atoms. The van der Waals surface area contributed by atoms with Crippen molar-refractivity contribution in [1.29, 1.82) is 0 Å². The predicted octanol–water partition coefficient (Wildman–Crippen LogP) is 21.3. The molecule has 0 fully saturated rings. The first-order chi connectivity index (χ1) is 74.2. The molecule has 760 valence electrons. The lowest BCUT2D eigenvalue weighted by Gasteiger charge is -2.06. The first-order valence-electron chi connectivity index (χ1n) is 50.3. The fourth-order valence-corrected chi connectivity index (χ4v) is 16.8. The smallest absolute Gasteiger partial charge is 0.241 e. The molecule has 25 rings (SSSR count). The summed E-state index contributed by atoms with van der Waals surface area (Å²) in [5, 5.41) is 95.5. The molecule has 0 aliphatic heterocycles. The third-order valence-corrected chi connectivity index (χ3v) is 24.1. The van der Waals surface area contributed by atoms with Crippen LogP contribution in [-0.2, 0) is 48.7 Å². The molecule has 0 bridgehead atoms. The highest BCUT2D eigenvalue weighted by molar-refractivity contribution is 5.99. The van der Waals surface area contributed by atoms with Crippen LogP contribution in [0.2, 0.25) is 0 Å². The maximum absolute atomic E-state index is 7.90. The number of unbranched alkanes of at least 4 members (excludes halogenated alkanes) is 1. The van der Waals surface area contributed by atoms with Gasteiger partial charge in [0.25, 0.3) is 0 Å². The molecular weight excluding hydrogens is 1900 g/mol. The van der Waals surface area contributed by atoms with Crippen LogP contribution in [0.5, 0.6) is 35.3 Å². The van der Waals surface area contributed by atoms with E-state index in [-0.39, 0.29) is 5.88 Å². The second-order valence-corrected chi connectivity index (χ2v) is 35.7. The van der Waals surface area contributed by atoms with Crippen molar-refractivity contribution in [3.8, 4) is 35.3 Å². The lowest BCUT2D eigenvalue weighted by atomic mass is 10.2. The molecule has 7 aromatic carbocycles. The molecule has 18 aromatic heterocycles. The fourth-order valence-electron chi connectivity index (χ4n) is 16.8. The molecule has 0 radical (unpaired) electrons. The van der Waals surface area contributed by atoms with Gasteiger partial charge in [-0.2, -0.15) is 30.6 Å². The van der Waals surface area contributed by atoms with Crippen molar-refractivity contribution in [2.75, 3.05) is 64.9 Å². The highest BCUT2D eigenvalue weighted by atomic mass is 16.5. The second kappa shape index (κ2) is 44.5. The van der Waals surface area contributed by atoms with E-state index >= 15 is 0 Å². The zero-order chi connectivity index (χ0) is 106. The average Bonchev–Trinajstić information content (AvgIpc) is 1.64. The SMILES string of the molecule is CC(C)COc1nn(C)c2cc(Nc3n[nH]c4cccnc34)ccc12.CCCCOc1nn(C)c2cc(Nc3n[nH]c4cccnc34)ccc12.CCCOc1nn(C)c2cc(Nc3n[nH]c4cccnc34)ccc12.Cn1nc(OCCc2ccccc2)c2ccc(Nc3n[nH]c4cccnc34)cc21.[2H]C(C)(C)Oc1nn(C)c2cc(Nc3n[nH]c4cccnc34)ccc12.[2H]C([2H])(C)Oc1nn(C)c2cc(Nc3n[nH]c4cccnc34)ccc12. The maximum Gasteiger partial charge on any atom is 0.241 e. The number of fused-ring (bicyclic) bond motifs is 12. The lowest BCUT2D eigenvalue weighted by molar-refractivity contribution is 0.233. The summed E-state index contributed by atoms with van der Waals surface area (Å²) in [7, 11) is 11.3. The molecule has 18 heterocycles. The van der Waals surface area contributed by atoms with Gasteiger partial charge in [0.1, 0.15) is 33.1 Å². The summed E-state index contributed by atoms with van der Waals surface area (Å²) in [5.41, 5.74) is 22.4. The van der Waals surface area contributed by atoms with Gasteiger partial charge in [0, 0.05) is 120 Å². The van der Waals surface area contributed by atoms with E-state index in [1.807, 2.05) is 254 Å². The van der Waals surface area contributed by atoms with Crippen LogP contribution in [0.4, 0.5) is 69.0 Å². The quantitative estimate of drug-likeness (QED) is 0.0186. The molecule has 42 heteroatoms. The minimum Gasteiger partial charge on any atom is -0.476 e. The number of rotatable bonds is 30. The van der Waals surface area contributed by atoms with Gasteiger partial charge in [-0.25, -0.2) is 0 Å². The van der Waals surface area contributed by atoms with Gasteiger partial charge in [0.2, 0.25) is 35.3 Å². The number of nitrogens with zero attached hydrogens (tertiary/aromatic N) is 24.